The minimum atomic E-state index is -0.873. The normalized spacial score (nSPS) is 20.4. The molecule has 0 aliphatic carbocycles. The van der Waals surface area contributed by atoms with Crippen molar-refractivity contribution in [3.8, 4) is 5.75 Å². The lowest BCUT2D eigenvalue weighted by atomic mass is 10.1. The van der Waals surface area contributed by atoms with Crippen LogP contribution < -0.4 is 15.4 Å². The first kappa shape index (κ1) is 24.4. The molecule has 2 unspecified atom stereocenters. The molecule has 2 atom stereocenters. The molecule has 2 N–H and O–H groups in total. The van der Waals surface area contributed by atoms with Crippen LogP contribution in [0.1, 0.15) is 36.5 Å². The van der Waals surface area contributed by atoms with Gasteiger partial charge in [0.15, 0.2) is 5.11 Å². The summed E-state index contributed by atoms with van der Waals surface area (Å²) in [6.07, 6.45) is 1.51. The van der Waals surface area contributed by atoms with Crippen LogP contribution >= 0.6 is 28.1 Å². The first-order valence-corrected chi connectivity index (χ1v) is 11.7. The minimum Gasteiger partial charge on any atom is -0.493 e. The highest BCUT2D eigenvalue weighted by atomic mass is 79.9. The lowest BCUT2D eigenvalue weighted by Crippen LogP contribution is -2.60. The number of carbonyl (C=O) groups excluding carboxylic acids is 3. The number of nitrogens with zero attached hydrogens (tertiary/aromatic N) is 1. The topological polar surface area (TPSA) is 106 Å². The average Bonchev–Trinajstić information content (AvgIpc) is 3.28. The van der Waals surface area contributed by atoms with Gasteiger partial charge in [0.25, 0.3) is 5.91 Å². The zero-order valence-corrected chi connectivity index (χ0v) is 20.1. The van der Waals surface area contributed by atoms with Gasteiger partial charge < -0.3 is 24.4 Å². The number of hydrogen-bond donors (Lipinski definition) is 2. The summed E-state index contributed by atoms with van der Waals surface area (Å²) in [5, 5.41) is 5.44. The van der Waals surface area contributed by atoms with Crippen molar-refractivity contribution in [3.63, 3.8) is 0 Å². The monoisotopic (exact) mass is 527 g/mol. The smallest absolute Gasteiger partial charge is 0.308 e. The molecule has 32 heavy (non-hydrogen) atoms. The van der Waals surface area contributed by atoms with Gasteiger partial charge in [0.2, 0.25) is 5.91 Å². The first-order valence-electron chi connectivity index (χ1n) is 10.5. The fraction of sp³-hybridized carbons (Fsp3) is 0.524. The van der Waals surface area contributed by atoms with E-state index >= 15 is 0 Å². The van der Waals surface area contributed by atoms with Gasteiger partial charge in [0, 0.05) is 24.2 Å². The lowest BCUT2D eigenvalue weighted by molar-refractivity contribution is -0.150. The van der Waals surface area contributed by atoms with E-state index < -0.39 is 17.9 Å². The number of carbonyl (C=O) groups is 3. The number of ether oxygens (including phenoxy) is 3. The molecule has 0 bridgehead atoms. The summed E-state index contributed by atoms with van der Waals surface area (Å²) >= 11 is 8.77. The summed E-state index contributed by atoms with van der Waals surface area (Å²) in [6, 6.07) is 4.22. The van der Waals surface area contributed by atoms with Gasteiger partial charge >= 0.3 is 5.97 Å². The van der Waals surface area contributed by atoms with Crippen LogP contribution in [0.15, 0.2) is 22.7 Å². The van der Waals surface area contributed by atoms with Crippen LogP contribution in [-0.4, -0.2) is 72.9 Å². The van der Waals surface area contributed by atoms with Crippen molar-refractivity contribution < 1.29 is 28.6 Å². The fourth-order valence-corrected chi connectivity index (χ4v) is 4.21. The van der Waals surface area contributed by atoms with Crippen molar-refractivity contribution in [2.45, 2.75) is 38.3 Å². The SMILES string of the molecule is CCOc1ccc(Br)cc1C(=O)NC(=S)N1CCNC(=O)C1CC(=O)OCC1CCCO1. The van der Waals surface area contributed by atoms with Crippen LogP contribution in [0.25, 0.3) is 0 Å². The second-order valence-electron chi connectivity index (χ2n) is 7.36. The van der Waals surface area contributed by atoms with Crippen LogP contribution in [0.4, 0.5) is 0 Å². The second-order valence-corrected chi connectivity index (χ2v) is 8.66. The lowest BCUT2D eigenvalue weighted by Gasteiger charge is -2.36. The number of rotatable bonds is 7. The van der Waals surface area contributed by atoms with Gasteiger partial charge in [-0.15, -0.1) is 0 Å². The third-order valence-corrected chi connectivity index (χ3v) is 5.94. The average molecular weight is 528 g/mol. The standard InChI is InChI=1S/C21H26BrN3O6S/c1-2-29-17-6-5-13(22)10-15(17)19(27)24-21(32)25-8-7-23-20(28)16(25)11-18(26)31-12-14-4-3-9-30-14/h5-6,10,14,16H,2-4,7-9,11-12H2,1H3,(H,23,28)(H,24,27,32). The van der Waals surface area contributed by atoms with E-state index in [0.717, 1.165) is 12.8 Å². The van der Waals surface area contributed by atoms with Gasteiger partial charge in [0.05, 0.1) is 24.7 Å². The highest BCUT2D eigenvalue weighted by molar-refractivity contribution is 9.10. The number of amides is 2. The van der Waals surface area contributed by atoms with E-state index in [4.69, 9.17) is 26.4 Å². The van der Waals surface area contributed by atoms with Crippen LogP contribution in [0.3, 0.4) is 0 Å². The Hall–Kier alpha value is -2.24. The van der Waals surface area contributed by atoms with Crippen molar-refractivity contribution >= 4 is 51.0 Å². The molecule has 1 aromatic rings. The quantitative estimate of drug-likeness (QED) is 0.408. The molecule has 2 heterocycles. The number of piperazine rings is 1. The van der Waals surface area contributed by atoms with Gasteiger partial charge in [-0.2, -0.15) is 0 Å². The third kappa shape index (κ3) is 6.39. The number of halogens is 1. The van der Waals surface area contributed by atoms with Gasteiger partial charge in [-0.3, -0.25) is 19.7 Å². The van der Waals surface area contributed by atoms with E-state index in [1.54, 1.807) is 18.2 Å². The van der Waals surface area contributed by atoms with Crippen molar-refractivity contribution in [1.29, 1.82) is 0 Å². The van der Waals surface area contributed by atoms with E-state index in [-0.39, 0.29) is 30.2 Å². The van der Waals surface area contributed by atoms with E-state index in [1.165, 1.54) is 4.90 Å². The van der Waals surface area contributed by atoms with Crippen LogP contribution in [0.2, 0.25) is 0 Å². The Balaban J connectivity index is 1.64. The Bertz CT molecular complexity index is 877. The summed E-state index contributed by atoms with van der Waals surface area (Å²) in [5.41, 5.74) is 0.303. The molecule has 2 aliphatic rings. The molecular formula is C21H26BrN3O6S. The highest BCUT2D eigenvalue weighted by Crippen LogP contribution is 2.23. The summed E-state index contributed by atoms with van der Waals surface area (Å²) in [5.74, 6) is -0.918. The predicted octanol–water partition coefficient (Wildman–Crippen LogP) is 1.78. The summed E-state index contributed by atoms with van der Waals surface area (Å²) < 4.78 is 17.0. The molecule has 2 aliphatic heterocycles. The molecule has 2 amide bonds. The van der Waals surface area contributed by atoms with Gasteiger partial charge in [-0.1, -0.05) is 15.9 Å². The Labute approximate surface area is 200 Å². The Morgan fingerprint density at radius 2 is 2.22 bits per heavy atom. The maximum absolute atomic E-state index is 12.9. The molecule has 0 radical (unpaired) electrons. The predicted molar refractivity (Wildman–Crippen MR) is 123 cm³/mol. The molecule has 0 spiro atoms. The fourth-order valence-electron chi connectivity index (χ4n) is 3.54. The maximum Gasteiger partial charge on any atom is 0.308 e. The van der Waals surface area contributed by atoms with E-state index in [0.29, 0.717) is 42.1 Å². The van der Waals surface area contributed by atoms with Crippen molar-refractivity contribution in [1.82, 2.24) is 15.5 Å². The van der Waals surface area contributed by atoms with Crippen molar-refractivity contribution in [3.05, 3.63) is 28.2 Å². The second kappa shape index (κ2) is 11.6. The van der Waals surface area contributed by atoms with Crippen molar-refractivity contribution in [2.75, 3.05) is 32.9 Å². The molecule has 11 heteroatoms. The minimum absolute atomic E-state index is 0.0594. The highest BCUT2D eigenvalue weighted by Gasteiger charge is 2.34. The molecule has 2 fully saturated rings. The van der Waals surface area contributed by atoms with Crippen LogP contribution in [-0.2, 0) is 19.1 Å². The van der Waals surface area contributed by atoms with Crippen LogP contribution in [0, 0.1) is 0 Å². The number of benzene rings is 1. The van der Waals surface area contributed by atoms with E-state index in [1.807, 2.05) is 6.92 Å². The molecule has 174 valence electrons. The van der Waals surface area contributed by atoms with Gasteiger partial charge in [0.1, 0.15) is 18.4 Å². The summed E-state index contributed by atoms with van der Waals surface area (Å²) in [7, 11) is 0. The molecule has 0 saturated carbocycles. The Kier molecular flexibility index (Phi) is 8.83. The Morgan fingerprint density at radius 1 is 1.41 bits per heavy atom. The first-order chi connectivity index (χ1) is 15.4. The molecule has 0 aromatic heterocycles. The zero-order chi connectivity index (χ0) is 23.1. The van der Waals surface area contributed by atoms with Crippen LogP contribution in [0.5, 0.6) is 5.75 Å². The number of nitrogens with one attached hydrogen (secondary N) is 2. The number of thiocarbonyl (C=S) groups is 1. The molecule has 1 aromatic carbocycles. The zero-order valence-electron chi connectivity index (χ0n) is 17.7. The summed E-state index contributed by atoms with van der Waals surface area (Å²) in [6.45, 7) is 3.75. The van der Waals surface area contributed by atoms with Gasteiger partial charge in [-0.05, 0) is 50.2 Å². The summed E-state index contributed by atoms with van der Waals surface area (Å²) in [4.78, 5) is 39.2. The van der Waals surface area contributed by atoms with Crippen molar-refractivity contribution in [2.24, 2.45) is 0 Å². The largest absolute Gasteiger partial charge is 0.493 e. The number of esters is 1. The van der Waals surface area contributed by atoms with Gasteiger partial charge in [-0.25, -0.2) is 0 Å². The molecular weight excluding hydrogens is 502 g/mol. The molecule has 3 rings (SSSR count). The number of hydrogen-bond acceptors (Lipinski definition) is 7. The van der Waals surface area contributed by atoms with E-state index in [2.05, 4.69) is 26.6 Å². The van der Waals surface area contributed by atoms with E-state index in [9.17, 15) is 14.4 Å². The molecule has 9 nitrogen and oxygen atoms in total. The third-order valence-electron chi connectivity index (χ3n) is 5.11. The maximum atomic E-state index is 12.9. The molecule has 2 saturated heterocycles. The Morgan fingerprint density at radius 3 is 2.94 bits per heavy atom.